The van der Waals surface area contributed by atoms with Gasteiger partial charge in [0.25, 0.3) is 0 Å². The van der Waals surface area contributed by atoms with Gasteiger partial charge in [0.05, 0.1) is 4.90 Å². The van der Waals surface area contributed by atoms with Gasteiger partial charge in [0.15, 0.2) is 0 Å². The minimum Gasteiger partial charge on any atom is -0.335 e. The van der Waals surface area contributed by atoms with Crippen molar-refractivity contribution in [3.63, 3.8) is 0 Å². The summed E-state index contributed by atoms with van der Waals surface area (Å²) < 4.78 is 25.9. The van der Waals surface area contributed by atoms with E-state index in [-0.39, 0.29) is 17.0 Å². The topological polar surface area (TPSA) is 87.3 Å². The van der Waals surface area contributed by atoms with Gasteiger partial charge in [-0.1, -0.05) is 19.9 Å². The van der Waals surface area contributed by atoms with Gasteiger partial charge >= 0.3 is 6.03 Å². The molecule has 0 saturated carbocycles. The number of urea groups is 1. The van der Waals surface area contributed by atoms with Gasteiger partial charge in [0, 0.05) is 11.7 Å². The standard InChI is InChI=1S/C16H27N3O3S/c1-11(2)6-8-13(4)18-16(20)19-15-10-14(9-7-12(15)3)23(21,22)17-5/h7,9-11,13,17H,6,8H2,1-5H3,(H2,18,19,20)/t13-/m1/s1. The summed E-state index contributed by atoms with van der Waals surface area (Å²) in [5.74, 6) is 0.591. The van der Waals surface area contributed by atoms with Crippen LogP contribution in [0.4, 0.5) is 10.5 Å². The molecular formula is C16H27N3O3S. The molecule has 0 fully saturated rings. The van der Waals surface area contributed by atoms with E-state index in [4.69, 9.17) is 0 Å². The van der Waals surface area contributed by atoms with Gasteiger partial charge in [-0.2, -0.15) is 0 Å². The SMILES string of the molecule is CNS(=O)(=O)c1ccc(C)c(NC(=O)N[C@H](C)CCC(C)C)c1. The van der Waals surface area contributed by atoms with Crippen molar-refractivity contribution in [2.45, 2.75) is 51.5 Å². The van der Waals surface area contributed by atoms with Crippen molar-refractivity contribution >= 4 is 21.7 Å². The molecule has 23 heavy (non-hydrogen) atoms. The maximum atomic E-state index is 12.1. The van der Waals surface area contributed by atoms with Crippen LogP contribution in [0.2, 0.25) is 0 Å². The summed E-state index contributed by atoms with van der Waals surface area (Å²) in [6.07, 6.45) is 1.94. The highest BCUT2D eigenvalue weighted by Crippen LogP contribution is 2.20. The van der Waals surface area contributed by atoms with Gasteiger partial charge in [-0.25, -0.2) is 17.9 Å². The zero-order chi connectivity index (χ0) is 17.6. The summed E-state index contributed by atoms with van der Waals surface area (Å²) in [7, 11) is -2.18. The summed E-state index contributed by atoms with van der Waals surface area (Å²) in [6, 6.07) is 4.36. The first-order valence-corrected chi connectivity index (χ1v) is 9.25. The van der Waals surface area contributed by atoms with Crippen molar-refractivity contribution in [2.75, 3.05) is 12.4 Å². The highest BCUT2D eigenvalue weighted by Gasteiger charge is 2.15. The molecular weight excluding hydrogens is 314 g/mol. The fourth-order valence-corrected chi connectivity index (χ4v) is 2.81. The van der Waals surface area contributed by atoms with E-state index < -0.39 is 10.0 Å². The lowest BCUT2D eigenvalue weighted by atomic mass is 10.0. The zero-order valence-electron chi connectivity index (χ0n) is 14.4. The predicted octanol–water partition coefficient (Wildman–Crippen LogP) is 2.85. The van der Waals surface area contributed by atoms with Gasteiger partial charge in [-0.3, -0.25) is 0 Å². The monoisotopic (exact) mass is 341 g/mol. The number of sulfonamides is 1. The van der Waals surface area contributed by atoms with Crippen LogP contribution in [0.5, 0.6) is 0 Å². The summed E-state index contributed by atoms with van der Waals surface area (Å²) in [4.78, 5) is 12.2. The molecule has 1 aromatic carbocycles. The number of benzene rings is 1. The fourth-order valence-electron chi connectivity index (χ4n) is 2.06. The first-order valence-electron chi connectivity index (χ1n) is 7.77. The van der Waals surface area contributed by atoms with Gasteiger partial charge in [-0.15, -0.1) is 0 Å². The molecule has 0 spiro atoms. The molecule has 0 saturated heterocycles. The quantitative estimate of drug-likeness (QED) is 0.712. The molecule has 0 aliphatic heterocycles. The molecule has 130 valence electrons. The molecule has 2 amide bonds. The van der Waals surface area contributed by atoms with Crippen molar-refractivity contribution < 1.29 is 13.2 Å². The molecule has 3 N–H and O–H groups in total. The Hall–Kier alpha value is -1.60. The number of carbonyl (C=O) groups is 1. The second-order valence-corrected chi connectivity index (χ2v) is 8.04. The molecule has 0 aliphatic carbocycles. The lowest BCUT2D eigenvalue weighted by Crippen LogP contribution is -2.36. The minimum atomic E-state index is -3.54. The minimum absolute atomic E-state index is 0.0573. The van der Waals surface area contributed by atoms with Crippen LogP contribution in [0, 0.1) is 12.8 Å². The van der Waals surface area contributed by atoms with Gasteiger partial charge in [-0.05, 0) is 57.4 Å². The van der Waals surface area contributed by atoms with E-state index in [1.165, 1.54) is 19.2 Å². The molecule has 0 aliphatic rings. The predicted molar refractivity (Wildman–Crippen MR) is 93.1 cm³/mol. The Morgan fingerprint density at radius 2 is 1.83 bits per heavy atom. The number of aryl methyl sites for hydroxylation is 1. The average Bonchev–Trinajstić information content (AvgIpc) is 2.47. The third kappa shape index (κ3) is 6.19. The Morgan fingerprint density at radius 1 is 1.17 bits per heavy atom. The van der Waals surface area contributed by atoms with Crippen LogP contribution < -0.4 is 15.4 Å². The number of hydrogen-bond acceptors (Lipinski definition) is 3. The van der Waals surface area contributed by atoms with Crippen LogP contribution in [0.1, 0.15) is 39.2 Å². The van der Waals surface area contributed by atoms with Gasteiger partial charge < -0.3 is 10.6 Å². The fraction of sp³-hybridized carbons (Fsp3) is 0.562. The average molecular weight is 341 g/mol. The zero-order valence-corrected chi connectivity index (χ0v) is 15.3. The van der Waals surface area contributed by atoms with Crippen LogP contribution >= 0.6 is 0 Å². The summed E-state index contributed by atoms with van der Waals surface area (Å²) >= 11 is 0. The van der Waals surface area contributed by atoms with Crippen molar-refractivity contribution in [3.8, 4) is 0 Å². The Bertz CT molecular complexity index is 642. The molecule has 0 heterocycles. The summed E-state index contributed by atoms with van der Waals surface area (Å²) in [5.41, 5.74) is 1.28. The second-order valence-electron chi connectivity index (χ2n) is 6.15. The van der Waals surface area contributed by atoms with Crippen molar-refractivity contribution in [3.05, 3.63) is 23.8 Å². The molecule has 0 radical (unpaired) electrons. The van der Waals surface area contributed by atoms with E-state index in [2.05, 4.69) is 29.2 Å². The molecule has 1 atom stereocenters. The largest absolute Gasteiger partial charge is 0.335 e. The number of rotatable bonds is 7. The smallest absolute Gasteiger partial charge is 0.319 e. The van der Waals surface area contributed by atoms with E-state index >= 15 is 0 Å². The molecule has 6 nitrogen and oxygen atoms in total. The number of amides is 2. The maximum Gasteiger partial charge on any atom is 0.319 e. The first-order chi connectivity index (χ1) is 10.7. The molecule has 0 aromatic heterocycles. The number of hydrogen-bond donors (Lipinski definition) is 3. The van der Waals surface area contributed by atoms with E-state index in [0.717, 1.165) is 18.4 Å². The Balaban J connectivity index is 2.76. The maximum absolute atomic E-state index is 12.1. The lowest BCUT2D eigenvalue weighted by molar-refractivity contribution is 0.248. The Labute approximate surface area is 139 Å². The van der Waals surface area contributed by atoms with E-state index in [1.807, 2.05) is 13.8 Å². The normalized spacial score (nSPS) is 13.0. The van der Waals surface area contributed by atoms with Gasteiger partial charge in [0.2, 0.25) is 10.0 Å². The highest BCUT2D eigenvalue weighted by molar-refractivity contribution is 7.89. The lowest BCUT2D eigenvalue weighted by Gasteiger charge is -2.17. The molecule has 0 unspecified atom stereocenters. The van der Waals surface area contributed by atoms with Crippen LogP contribution in [0.15, 0.2) is 23.1 Å². The number of anilines is 1. The molecule has 1 aromatic rings. The van der Waals surface area contributed by atoms with Gasteiger partial charge in [0.1, 0.15) is 0 Å². The van der Waals surface area contributed by atoms with E-state index in [9.17, 15) is 13.2 Å². The third-order valence-corrected chi connectivity index (χ3v) is 5.00. The summed E-state index contributed by atoms with van der Waals surface area (Å²) in [5, 5.41) is 5.59. The summed E-state index contributed by atoms with van der Waals surface area (Å²) in [6.45, 7) is 8.05. The second kappa shape index (κ2) is 8.31. The van der Waals surface area contributed by atoms with Crippen LogP contribution in [0.3, 0.4) is 0 Å². The Morgan fingerprint density at radius 3 is 2.39 bits per heavy atom. The third-order valence-electron chi connectivity index (χ3n) is 3.59. The van der Waals surface area contributed by atoms with Crippen molar-refractivity contribution in [1.29, 1.82) is 0 Å². The molecule has 7 heteroatoms. The van der Waals surface area contributed by atoms with E-state index in [0.29, 0.717) is 11.6 Å². The van der Waals surface area contributed by atoms with E-state index in [1.54, 1.807) is 6.07 Å². The number of nitrogens with one attached hydrogen (secondary N) is 3. The van der Waals surface area contributed by atoms with Crippen LogP contribution in [-0.2, 0) is 10.0 Å². The first kappa shape index (κ1) is 19.4. The van der Waals surface area contributed by atoms with Crippen molar-refractivity contribution in [1.82, 2.24) is 10.0 Å². The highest BCUT2D eigenvalue weighted by atomic mass is 32.2. The number of carbonyl (C=O) groups excluding carboxylic acids is 1. The van der Waals surface area contributed by atoms with Crippen LogP contribution in [-0.4, -0.2) is 27.5 Å². The molecule has 1 rings (SSSR count). The van der Waals surface area contributed by atoms with Crippen molar-refractivity contribution in [2.24, 2.45) is 5.92 Å². The Kier molecular flexibility index (Phi) is 7.02. The molecule has 0 bridgehead atoms. The van der Waals surface area contributed by atoms with Crippen LogP contribution in [0.25, 0.3) is 0 Å².